The van der Waals surface area contributed by atoms with Gasteiger partial charge < -0.3 is 4.42 Å². The summed E-state index contributed by atoms with van der Waals surface area (Å²) in [6.45, 7) is 1.92. The summed E-state index contributed by atoms with van der Waals surface area (Å²) in [6, 6.07) is 12.8. The van der Waals surface area contributed by atoms with Crippen LogP contribution in [0.5, 0.6) is 0 Å². The molecule has 3 rings (SSSR count). The topological polar surface area (TPSA) is 30.2 Å². The van der Waals surface area contributed by atoms with E-state index in [9.17, 15) is 9.18 Å². The Balaban J connectivity index is 2.24. The largest absolute Gasteiger partial charge is 0.456 e. The molecule has 2 aromatic carbocycles. The van der Waals surface area contributed by atoms with Gasteiger partial charge in [-0.1, -0.05) is 11.6 Å². The lowest BCUT2D eigenvalue weighted by atomic mass is 10.1. The van der Waals surface area contributed by atoms with Gasteiger partial charge in [0, 0.05) is 11.6 Å². The van der Waals surface area contributed by atoms with E-state index in [4.69, 9.17) is 4.42 Å². The third-order valence-electron chi connectivity index (χ3n) is 3.01. The molecule has 3 heteroatoms. The summed E-state index contributed by atoms with van der Waals surface area (Å²) < 4.78 is 18.6. The van der Waals surface area contributed by atoms with Gasteiger partial charge >= 0.3 is 0 Å². The van der Waals surface area contributed by atoms with Gasteiger partial charge in [0.05, 0.1) is 5.39 Å². The van der Waals surface area contributed by atoms with Gasteiger partial charge in [0.15, 0.2) is 5.43 Å². The van der Waals surface area contributed by atoms with Crippen molar-refractivity contribution in [1.82, 2.24) is 0 Å². The molecule has 0 unspecified atom stereocenters. The summed E-state index contributed by atoms with van der Waals surface area (Å²) >= 11 is 0. The van der Waals surface area contributed by atoms with Crippen molar-refractivity contribution < 1.29 is 8.81 Å². The first-order chi connectivity index (χ1) is 9.13. The molecule has 0 amide bonds. The van der Waals surface area contributed by atoms with Crippen LogP contribution in [0.4, 0.5) is 4.39 Å². The third-order valence-corrected chi connectivity index (χ3v) is 3.01. The number of halogens is 1. The third kappa shape index (κ3) is 2.15. The molecule has 0 atom stereocenters. The zero-order valence-electron chi connectivity index (χ0n) is 10.3. The number of rotatable bonds is 1. The van der Waals surface area contributed by atoms with Gasteiger partial charge in [-0.3, -0.25) is 4.79 Å². The van der Waals surface area contributed by atoms with Crippen LogP contribution in [0.3, 0.4) is 0 Å². The molecule has 19 heavy (non-hydrogen) atoms. The summed E-state index contributed by atoms with van der Waals surface area (Å²) in [4.78, 5) is 12.1. The fraction of sp³-hybridized carbons (Fsp3) is 0.0625. The number of fused-ring (bicyclic) bond motifs is 1. The Morgan fingerprint density at radius 1 is 1.00 bits per heavy atom. The predicted octanol–water partition coefficient (Wildman–Crippen LogP) is 3.91. The van der Waals surface area contributed by atoms with Crippen LogP contribution in [0.15, 0.2) is 57.7 Å². The van der Waals surface area contributed by atoms with E-state index >= 15 is 0 Å². The molecular formula is C16H11FO2. The minimum atomic E-state index is -0.317. The molecule has 0 N–H and O–H groups in total. The van der Waals surface area contributed by atoms with Crippen molar-refractivity contribution in [3.8, 4) is 11.3 Å². The van der Waals surface area contributed by atoms with E-state index in [1.807, 2.05) is 13.0 Å². The maximum atomic E-state index is 12.9. The van der Waals surface area contributed by atoms with E-state index in [1.165, 1.54) is 18.2 Å². The van der Waals surface area contributed by atoms with Gasteiger partial charge in [0.25, 0.3) is 0 Å². The molecule has 1 aromatic heterocycles. The van der Waals surface area contributed by atoms with E-state index in [2.05, 4.69) is 0 Å². The summed E-state index contributed by atoms with van der Waals surface area (Å²) in [7, 11) is 0. The highest BCUT2D eigenvalue weighted by Gasteiger charge is 2.07. The van der Waals surface area contributed by atoms with Crippen LogP contribution in [0.25, 0.3) is 22.3 Å². The Kier molecular flexibility index (Phi) is 2.67. The second-order valence-electron chi connectivity index (χ2n) is 4.48. The van der Waals surface area contributed by atoms with Crippen molar-refractivity contribution in [1.29, 1.82) is 0 Å². The smallest absolute Gasteiger partial charge is 0.193 e. The lowest BCUT2D eigenvalue weighted by Gasteiger charge is -2.03. The molecule has 0 saturated carbocycles. The Labute approximate surface area is 109 Å². The second-order valence-corrected chi connectivity index (χ2v) is 4.48. The Morgan fingerprint density at radius 3 is 2.47 bits per heavy atom. The first-order valence-electron chi connectivity index (χ1n) is 5.94. The van der Waals surface area contributed by atoms with Crippen LogP contribution in [-0.4, -0.2) is 0 Å². The average Bonchev–Trinajstić information content (AvgIpc) is 2.40. The van der Waals surface area contributed by atoms with Gasteiger partial charge in [0.1, 0.15) is 17.2 Å². The molecule has 0 aliphatic heterocycles. The van der Waals surface area contributed by atoms with Crippen molar-refractivity contribution in [2.45, 2.75) is 6.92 Å². The van der Waals surface area contributed by atoms with Crippen LogP contribution in [0.1, 0.15) is 5.56 Å². The summed E-state index contributed by atoms with van der Waals surface area (Å²) in [5, 5.41) is 0.561. The Morgan fingerprint density at radius 2 is 1.74 bits per heavy atom. The zero-order valence-corrected chi connectivity index (χ0v) is 10.3. The molecule has 0 aliphatic carbocycles. The molecule has 0 bridgehead atoms. The molecule has 2 nitrogen and oxygen atoms in total. The van der Waals surface area contributed by atoms with Gasteiger partial charge in [-0.2, -0.15) is 0 Å². The quantitative estimate of drug-likeness (QED) is 0.659. The highest BCUT2D eigenvalue weighted by molar-refractivity contribution is 5.79. The van der Waals surface area contributed by atoms with Gasteiger partial charge in [0.2, 0.25) is 0 Å². The molecule has 0 radical (unpaired) electrons. The predicted molar refractivity (Wildman–Crippen MR) is 72.6 cm³/mol. The van der Waals surface area contributed by atoms with E-state index < -0.39 is 0 Å². The fourth-order valence-corrected chi connectivity index (χ4v) is 2.03. The molecule has 1 heterocycles. The second kappa shape index (κ2) is 4.35. The SMILES string of the molecule is Cc1ccc2oc(-c3ccc(F)cc3)cc(=O)c2c1. The van der Waals surface area contributed by atoms with Crippen LogP contribution in [0.2, 0.25) is 0 Å². The lowest BCUT2D eigenvalue weighted by molar-refractivity contribution is 0.615. The Bertz CT molecular complexity index is 801. The van der Waals surface area contributed by atoms with E-state index in [0.717, 1.165) is 5.56 Å². The van der Waals surface area contributed by atoms with Crippen LogP contribution in [0, 0.1) is 12.7 Å². The number of benzene rings is 2. The van der Waals surface area contributed by atoms with E-state index in [0.29, 0.717) is 22.3 Å². The zero-order chi connectivity index (χ0) is 13.4. The summed E-state index contributed by atoms with van der Waals surface area (Å²) in [6.07, 6.45) is 0. The number of hydrogen-bond acceptors (Lipinski definition) is 2. The average molecular weight is 254 g/mol. The first-order valence-corrected chi connectivity index (χ1v) is 5.94. The van der Waals surface area contributed by atoms with Crippen LogP contribution >= 0.6 is 0 Å². The maximum absolute atomic E-state index is 12.9. The molecule has 0 aliphatic rings. The standard InChI is InChI=1S/C16H11FO2/c1-10-2-7-15-13(8-10)14(18)9-16(19-15)11-3-5-12(17)6-4-11/h2-9H,1H3. The molecule has 0 spiro atoms. The minimum absolute atomic E-state index is 0.0933. The van der Waals surface area contributed by atoms with Crippen molar-refractivity contribution in [3.63, 3.8) is 0 Å². The van der Waals surface area contributed by atoms with Gasteiger partial charge in [-0.25, -0.2) is 4.39 Å². The molecular weight excluding hydrogens is 243 g/mol. The fourth-order valence-electron chi connectivity index (χ4n) is 2.03. The molecule has 3 aromatic rings. The normalized spacial score (nSPS) is 10.8. The summed E-state index contributed by atoms with van der Waals surface area (Å²) in [5.41, 5.74) is 2.14. The van der Waals surface area contributed by atoms with Crippen LogP contribution in [-0.2, 0) is 0 Å². The highest BCUT2D eigenvalue weighted by Crippen LogP contribution is 2.22. The summed E-state index contributed by atoms with van der Waals surface area (Å²) in [5.74, 6) is 0.129. The van der Waals surface area contributed by atoms with Crippen LogP contribution < -0.4 is 5.43 Å². The van der Waals surface area contributed by atoms with Crippen molar-refractivity contribution in [2.24, 2.45) is 0 Å². The first kappa shape index (κ1) is 11.7. The molecule has 0 saturated heterocycles. The van der Waals surface area contributed by atoms with Gasteiger partial charge in [-0.05, 0) is 43.3 Å². The number of hydrogen-bond donors (Lipinski definition) is 0. The number of aryl methyl sites for hydroxylation is 1. The highest BCUT2D eigenvalue weighted by atomic mass is 19.1. The maximum Gasteiger partial charge on any atom is 0.193 e. The van der Waals surface area contributed by atoms with Gasteiger partial charge in [-0.15, -0.1) is 0 Å². The monoisotopic (exact) mass is 254 g/mol. The van der Waals surface area contributed by atoms with E-state index in [-0.39, 0.29) is 11.2 Å². The van der Waals surface area contributed by atoms with Crippen molar-refractivity contribution >= 4 is 11.0 Å². The molecule has 0 fully saturated rings. The minimum Gasteiger partial charge on any atom is -0.456 e. The van der Waals surface area contributed by atoms with Crippen molar-refractivity contribution in [3.05, 3.63) is 70.1 Å². The Hall–Kier alpha value is -2.42. The van der Waals surface area contributed by atoms with E-state index in [1.54, 1.807) is 24.3 Å². The lowest BCUT2D eigenvalue weighted by Crippen LogP contribution is -2.00. The molecule has 94 valence electrons. The van der Waals surface area contributed by atoms with Crippen molar-refractivity contribution in [2.75, 3.05) is 0 Å².